The van der Waals surface area contributed by atoms with Crippen LogP contribution in [0.5, 0.6) is 0 Å². The molecule has 76 valence electrons. The first-order valence-corrected chi connectivity index (χ1v) is 4.23. The Labute approximate surface area is 82.8 Å². The summed E-state index contributed by atoms with van der Waals surface area (Å²) in [6, 6.07) is 0. The number of hydrogen-bond donors (Lipinski definition) is 2. The van der Waals surface area contributed by atoms with E-state index in [1.807, 2.05) is 0 Å². The number of carbonyl (C=O) groups is 1. The maximum absolute atomic E-state index is 10.9. The third-order valence-electron chi connectivity index (χ3n) is 3.08. The summed E-state index contributed by atoms with van der Waals surface area (Å²) < 4.78 is 5.30. The molecule has 2 bridgehead atoms. The summed E-state index contributed by atoms with van der Waals surface area (Å²) in [7, 11) is 0. The van der Waals surface area contributed by atoms with Gasteiger partial charge in [-0.2, -0.15) is 0 Å². The molecule has 0 amide bonds. The van der Waals surface area contributed by atoms with Crippen molar-refractivity contribution < 1.29 is 14.6 Å². The third kappa shape index (κ3) is 1.54. The van der Waals surface area contributed by atoms with E-state index in [1.54, 1.807) is 0 Å². The molecule has 0 aromatic heterocycles. The van der Waals surface area contributed by atoms with Crippen molar-refractivity contribution in [1.29, 1.82) is 0 Å². The molecule has 4 nitrogen and oxygen atoms in total. The maximum Gasteiger partial charge on any atom is 0.335 e. The molecule has 3 rings (SSSR count). The first-order chi connectivity index (χ1) is 5.56. The number of fused-ring (bicyclic) bond motifs is 3. The third-order valence-corrected chi connectivity index (χ3v) is 3.08. The quantitative estimate of drug-likeness (QED) is 0.658. The fourth-order valence-electron chi connectivity index (χ4n) is 2.00. The average Bonchev–Trinajstić information content (AvgIpc) is 2.06. The topological polar surface area (TPSA) is 72.6 Å². The van der Waals surface area contributed by atoms with E-state index in [2.05, 4.69) is 0 Å². The Hall–Kier alpha value is -0.320. The van der Waals surface area contributed by atoms with Gasteiger partial charge in [0.25, 0.3) is 0 Å². The van der Waals surface area contributed by atoms with Gasteiger partial charge in [-0.15, -0.1) is 12.4 Å². The lowest BCUT2D eigenvalue weighted by Gasteiger charge is -2.48. The van der Waals surface area contributed by atoms with Crippen molar-refractivity contribution in [3.63, 3.8) is 0 Å². The van der Waals surface area contributed by atoms with Crippen molar-refractivity contribution >= 4 is 18.4 Å². The minimum Gasteiger partial charge on any atom is -0.479 e. The molecule has 2 aliphatic heterocycles. The highest BCUT2D eigenvalue weighted by Crippen LogP contribution is 2.42. The molecule has 2 heterocycles. The fraction of sp³-hybridized carbons (Fsp3) is 0.875. The number of carboxylic acids is 1. The molecule has 2 saturated heterocycles. The minimum absolute atomic E-state index is 0. The van der Waals surface area contributed by atoms with Gasteiger partial charge in [0.15, 0.2) is 5.60 Å². The molecule has 0 aromatic carbocycles. The van der Waals surface area contributed by atoms with Gasteiger partial charge in [-0.05, 0) is 25.7 Å². The summed E-state index contributed by atoms with van der Waals surface area (Å²) in [5.41, 5.74) is 4.80. The molecular formula is C8H14ClNO3. The summed E-state index contributed by atoms with van der Waals surface area (Å²) in [5.74, 6) is -0.829. The Balaban J connectivity index is 0.000000845. The standard InChI is InChI=1S/C8H13NO3.ClH/c9-7-1-3-8(4-2-7,6(10)11)12-5-7;/h1-5,9H2,(H,10,11);1H. The molecular weight excluding hydrogens is 194 g/mol. The Morgan fingerprint density at radius 2 is 1.85 bits per heavy atom. The molecule has 1 saturated carbocycles. The van der Waals surface area contributed by atoms with Gasteiger partial charge < -0.3 is 15.6 Å². The van der Waals surface area contributed by atoms with Crippen molar-refractivity contribution in [2.45, 2.75) is 36.8 Å². The first kappa shape index (κ1) is 10.8. The summed E-state index contributed by atoms with van der Waals surface area (Å²) in [4.78, 5) is 10.9. The van der Waals surface area contributed by atoms with Gasteiger partial charge in [0.1, 0.15) is 0 Å². The van der Waals surface area contributed by atoms with E-state index in [4.69, 9.17) is 15.6 Å². The average molecular weight is 208 g/mol. The van der Waals surface area contributed by atoms with Crippen LogP contribution >= 0.6 is 12.4 Å². The van der Waals surface area contributed by atoms with E-state index in [1.165, 1.54) is 0 Å². The van der Waals surface area contributed by atoms with Gasteiger partial charge in [0, 0.05) is 5.54 Å². The van der Waals surface area contributed by atoms with Crippen LogP contribution in [0.2, 0.25) is 0 Å². The van der Waals surface area contributed by atoms with Crippen molar-refractivity contribution in [3.05, 3.63) is 0 Å². The van der Waals surface area contributed by atoms with Crippen LogP contribution in [0.25, 0.3) is 0 Å². The number of halogens is 1. The van der Waals surface area contributed by atoms with Crippen LogP contribution in [0.3, 0.4) is 0 Å². The van der Waals surface area contributed by atoms with Crippen LogP contribution in [-0.4, -0.2) is 28.8 Å². The lowest BCUT2D eigenvalue weighted by Crippen LogP contribution is -2.62. The summed E-state index contributed by atoms with van der Waals surface area (Å²) in [6.07, 6.45) is 2.69. The largest absolute Gasteiger partial charge is 0.479 e. The lowest BCUT2D eigenvalue weighted by molar-refractivity contribution is -0.193. The van der Waals surface area contributed by atoms with Crippen molar-refractivity contribution in [1.82, 2.24) is 0 Å². The van der Waals surface area contributed by atoms with E-state index < -0.39 is 11.6 Å². The zero-order valence-corrected chi connectivity index (χ0v) is 8.10. The molecule has 5 heteroatoms. The van der Waals surface area contributed by atoms with Gasteiger partial charge in [0.05, 0.1) is 6.61 Å². The van der Waals surface area contributed by atoms with Crippen LogP contribution in [-0.2, 0) is 9.53 Å². The van der Waals surface area contributed by atoms with Crippen molar-refractivity contribution in [3.8, 4) is 0 Å². The monoisotopic (exact) mass is 207 g/mol. The molecule has 0 unspecified atom stereocenters. The second kappa shape index (κ2) is 3.12. The first-order valence-electron chi connectivity index (χ1n) is 4.23. The number of ether oxygens (including phenoxy) is 1. The Bertz CT molecular complexity index is 207. The Kier molecular flexibility index (Phi) is 2.58. The van der Waals surface area contributed by atoms with E-state index in [9.17, 15) is 4.79 Å². The maximum atomic E-state index is 10.9. The highest BCUT2D eigenvalue weighted by atomic mass is 35.5. The highest BCUT2D eigenvalue weighted by molar-refractivity contribution is 5.85. The van der Waals surface area contributed by atoms with E-state index in [-0.39, 0.29) is 17.9 Å². The zero-order valence-electron chi connectivity index (χ0n) is 7.28. The fourth-order valence-corrected chi connectivity index (χ4v) is 2.00. The van der Waals surface area contributed by atoms with Crippen LogP contribution in [0.15, 0.2) is 0 Å². The molecule has 0 spiro atoms. The van der Waals surface area contributed by atoms with Crippen molar-refractivity contribution in [2.24, 2.45) is 5.73 Å². The number of carboxylic acid groups (broad SMARTS) is 1. The second-order valence-corrected chi connectivity index (χ2v) is 3.95. The van der Waals surface area contributed by atoms with Gasteiger partial charge in [-0.25, -0.2) is 4.79 Å². The molecule has 3 aliphatic rings. The summed E-state index contributed by atoms with van der Waals surface area (Å²) >= 11 is 0. The summed E-state index contributed by atoms with van der Waals surface area (Å²) in [5, 5.41) is 8.93. The predicted octanol–water partition coefficient (Wildman–Crippen LogP) is 0.533. The van der Waals surface area contributed by atoms with Gasteiger partial charge in [0.2, 0.25) is 0 Å². The van der Waals surface area contributed by atoms with Crippen molar-refractivity contribution in [2.75, 3.05) is 6.61 Å². The predicted molar refractivity (Wildman–Crippen MR) is 49.0 cm³/mol. The smallest absolute Gasteiger partial charge is 0.335 e. The zero-order chi connectivity index (χ0) is 8.82. The number of aliphatic carboxylic acids is 1. The highest BCUT2D eigenvalue weighted by Gasteiger charge is 2.52. The lowest BCUT2D eigenvalue weighted by atomic mass is 9.72. The van der Waals surface area contributed by atoms with Crippen LogP contribution in [0, 0.1) is 0 Å². The molecule has 3 N–H and O–H groups in total. The molecule has 0 aromatic rings. The molecule has 0 atom stereocenters. The SMILES string of the molecule is Cl.NC12CCC(C(=O)O)(CC1)OC2. The Morgan fingerprint density at radius 1 is 1.31 bits per heavy atom. The number of rotatable bonds is 1. The number of nitrogens with two attached hydrogens (primary N) is 1. The normalized spacial score (nSPS) is 42.5. The van der Waals surface area contributed by atoms with E-state index in [0.717, 1.165) is 12.8 Å². The summed E-state index contributed by atoms with van der Waals surface area (Å²) in [6.45, 7) is 0.402. The minimum atomic E-state index is -0.902. The molecule has 13 heavy (non-hydrogen) atoms. The van der Waals surface area contributed by atoms with Crippen LogP contribution < -0.4 is 5.73 Å². The molecule has 0 radical (unpaired) electrons. The van der Waals surface area contributed by atoms with Gasteiger partial charge in [-0.1, -0.05) is 0 Å². The molecule has 1 aliphatic carbocycles. The van der Waals surface area contributed by atoms with Gasteiger partial charge >= 0.3 is 5.97 Å². The van der Waals surface area contributed by atoms with Crippen LogP contribution in [0.1, 0.15) is 25.7 Å². The Morgan fingerprint density at radius 3 is 2.15 bits per heavy atom. The van der Waals surface area contributed by atoms with Gasteiger partial charge in [-0.3, -0.25) is 0 Å². The van der Waals surface area contributed by atoms with Crippen LogP contribution in [0.4, 0.5) is 0 Å². The van der Waals surface area contributed by atoms with E-state index in [0.29, 0.717) is 19.4 Å². The second-order valence-electron chi connectivity index (χ2n) is 3.95. The number of hydrogen-bond acceptors (Lipinski definition) is 3. The van der Waals surface area contributed by atoms with E-state index >= 15 is 0 Å². The molecule has 3 fully saturated rings.